The van der Waals surface area contributed by atoms with Crippen LogP contribution >= 0.6 is 0 Å². The molecule has 0 N–H and O–H groups in total. The minimum Gasteiger partial charge on any atom is -0.378 e. The average molecular weight is 331 g/mol. The van der Waals surface area contributed by atoms with Gasteiger partial charge in [-0.2, -0.15) is 0 Å². The molecule has 5 atom stereocenters. The van der Waals surface area contributed by atoms with Crippen molar-refractivity contribution >= 4 is 0 Å². The second-order valence-electron chi connectivity index (χ2n) is 9.66. The van der Waals surface area contributed by atoms with E-state index in [9.17, 15) is 0 Å². The molecule has 2 fully saturated rings. The van der Waals surface area contributed by atoms with Crippen molar-refractivity contribution in [3.63, 3.8) is 0 Å². The van der Waals surface area contributed by atoms with Crippen LogP contribution in [0.2, 0.25) is 0 Å². The van der Waals surface area contributed by atoms with E-state index in [0.717, 1.165) is 24.9 Å². The van der Waals surface area contributed by atoms with Crippen LogP contribution in [0.1, 0.15) is 80.1 Å². The summed E-state index contributed by atoms with van der Waals surface area (Å²) in [6.07, 6.45) is 8.04. The van der Waals surface area contributed by atoms with E-state index in [2.05, 4.69) is 48.1 Å². The van der Waals surface area contributed by atoms with Gasteiger partial charge in [0.25, 0.3) is 0 Å². The van der Waals surface area contributed by atoms with Crippen LogP contribution in [-0.4, -0.2) is 12.7 Å². The molecule has 1 nitrogen and oxygen atoms in total. The predicted octanol–water partition coefficient (Wildman–Crippen LogP) is 6.55. The summed E-state index contributed by atoms with van der Waals surface area (Å²) >= 11 is 0. The molecule has 1 heteroatoms. The highest BCUT2D eigenvalue weighted by Gasteiger charge is 2.51. The molecule has 136 valence electrons. The van der Waals surface area contributed by atoms with Crippen molar-refractivity contribution in [1.82, 2.24) is 0 Å². The molecule has 3 rings (SSSR count). The van der Waals surface area contributed by atoms with E-state index in [1.54, 1.807) is 11.1 Å². The topological polar surface area (TPSA) is 9.23 Å². The van der Waals surface area contributed by atoms with Crippen LogP contribution in [0, 0.1) is 28.6 Å². The van der Waals surface area contributed by atoms with Gasteiger partial charge in [-0.05, 0) is 81.0 Å². The molecule has 0 aromatic rings. The molecule has 0 saturated heterocycles. The fraction of sp³-hybridized carbons (Fsp3) is 0.826. The first kappa shape index (κ1) is 18.2. The first-order chi connectivity index (χ1) is 11.2. The fourth-order valence-electron chi connectivity index (χ4n) is 6.29. The monoisotopic (exact) mass is 330 g/mol. The normalized spacial score (nSPS) is 42.3. The molecule has 0 radical (unpaired) electrons. The molecular formula is C23H38O. The van der Waals surface area contributed by atoms with Crippen LogP contribution < -0.4 is 0 Å². The van der Waals surface area contributed by atoms with Gasteiger partial charge in [-0.3, -0.25) is 0 Å². The largest absolute Gasteiger partial charge is 0.378 e. The molecule has 0 heterocycles. The van der Waals surface area contributed by atoms with Crippen molar-refractivity contribution < 1.29 is 4.74 Å². The Morgan fingerprint density at radius 1 is 1.12 bits per heavy atom. The Hall–Kier alpha value is -0.560. The lowest BCUT2D eigenvalue weighted by atomic mass is 9.49. The van der Waals surface area contributed by atoms with Gasteiger partial charge in [0.05, 0.1) is 6.10 Å². The molecule has 2 saturated carbocycles. The van der Waals surface area contributed by atoms with Crippen molar-refractivity contribution in [2.75, 3.05) is 6.61 Å². The van der Waals surface area contributed by atoms with E-state index in [4.69, 9.17) is 4.74 Å². The Morgan fingerprint density at radius 2 is 1.83 bits per heavy atom. The number of hydrogen-bond acceptors (Lipinski definition) is 1. The van der Waals surface area contributed by atoms with Crippen molar-refractivity contribution in [2.24, 2.45) is 28.6 Å². The summed E-state index contributed by atoms with van der Waals surface area (Å²) in [5.41, 5.74) is 5.48. The molecule has 0 aliphatic heterocycles. The highest BCUT2D eigenvalue weighted by atomic mass is 16.5. The van der Waals surface area contributed by atoms with Crippen LogP contribution in [0.4, 0.5) is 0 Å². The third-order valence-corrected chi connectivity index (χ3v) is 8.34. The van der Waals surface area contributed by atoms with E-state index in [-0.39, 0.29) is 5.41 Å². The van der Waals surface area contributed by atoms with E-state index in [1.165, 1.54) is 37.7 Å². The van der Waals surface area contributed by atoms with E-state index in [1.807, 2.05) is 0 Å². The minimum absolute atomic E-state index is 0.283. The van der Waals surface area contributed by atoms with Gasteiger partial charge in [0, 0.05) is 6.61 Å². The van der Waals surface area contributed by atoms with E-state index in [0.29, 0.717) is 17.4 Å². The number of allylic oxidation sites excluding steroid dienone is 3. The quantitative estimate of drug-likeness (QED) is 0.522. The van der Waals surface area contributed by atoms with E-state index >= 15 is 0 Å². The summed E-state index contributed by atoms with van der Waals surface area (Å²) in [6, 6.07) is 0. The summed E-state index contributed by atoms with van der Waals surface area (Å²) in [5.74, 6) is 2.22. The van der Waals surface area contributed by atoms with Crippen LogP contribution in [0.5, 0.6) is 0 Å². The van der Waals surface area contributed by atoms with Crippen LogP contribution in [0.15, 0.2) is 23.3 Å². The maximum atomic E-state index is 6.09. The van der Waals surface area contributed by atoms with Crippen molar-refractivity contribution in [1.29, 1.82) is 0 Å². The maximum absolute atomic E-state index is 6.09. The van der Waals surface area contributed by atoms with Crippen molar-refractivity contribution in [2.45, 2.75) is 86.2 Å². The summed E-state index contributed by atoms with van der Waals surface area (Å²) in [6.45, 7) is 20.0. The third kappa shape index (κ3) is 2.71. The lowest BCUT2D eigenvalue weighted by Crippen LogP contribution is -2.48. The maximum Gasteiger partial charge on any atom is 0.0580 e. The van der Waals surface area contributed by atoms with Gasteiger partial charge in [0.1, 0.15) is 0 Å². The SMILES string of the molecule is C=C1CC2=C(C)CC[C@@H](CC3C[C@H](OCC)C[C@H](C)[C@@]13C)C2(C)C. The Kier molecular flexibility index (Phi) is 4.79. The van der Waals surface area contributed by atoms with Gasteiger partial charge in [0.2, 0.25) is 0 Å². The summed E-state index contributed by atoms with van der Waals surface area (Å²) < 4.78 is 6.09. The molecule has 2 bridgehead atoms. The lowest BCUT2D eigenvalue weighted by molar-refractivity contribution is -0.0589. The predicted molar refractivity (Wildman–Crippen MR) is 103 cm³/mol. The zero-order valence-electron chi connectivity index (χ0n) is 16.9. The van der Waals surface area contributed by atoms with Crippen molar-refractivity contribution in [3.8, 4) is 0 Å². The molecule has 0 spiro atoms. The number of fused-ring (bicyclic) bond motifs is 3. The smallest absolute Gasteiger partial charge is 0.0580 e. The Labute approximate surface area is 149 Å². The summed E-state index contributed by atoms with van der Waals surface area (Å²) in [5, 5.41) is 0. The molecule has 3 aliphatic rings. The summed E-state index contributed by atoms with van der Waals surface area (Å²) in [7, 11) is 0. The highest BCUT2D eigenvalue weighted by Crippen LogP contribution is 2.60. The fourth-order valence-corrected chi connectivity index (χ4v) is 6.29. The van der Waals surface area contributed by atoms with Crippen LogP contribution in [0.25, 0.3) is 0 Å². The molecule has 0 aromatic carbocycles. The van der Waals surface area contributed by atoms with Crippen LogP contribution in [-0.2, 0) is 4.74 Å². The standard InChI is InChI=1S/C23H38O/c1-8-24-20-11-16(3)23(7)17(4)12-21-15(2)9-10-18(22(21,5)6)13-19(23)14-20/h16,18-20H,4,8-14H2,1-3,5-7H3/t16-,18-,19?,20+,23-/m0/s1. The lowest BCUT2D eigenvalue weighted by Gasteiger charge is -2.56. The molecular weight excluding hydrogens is 292 g/mol. The molecule has 3 aliphatic carbocycles. The second-order valence-corrected chi connectivity index (χ2v) is 9.66. The van der Waals surface area contributed by atoms with Gasteiger partial charge < -0.3 is 4.74 Å². The average Bonchev–Trinajstić information content (AvgIpc) is 2.50. The first-order valence-electron chi connectivity index (χ1n) is 10.2. The number of hydrogen-bond donors (Lipinski definition) is 0. The second kappa shape index (κ2) is 6.31. The van der Waals surface area contributed by atoms with Crippen LogP contribution in [0.3, 0.4) is 0 Å². The molecule has 0 amide bonds. The van der Waals surface area contributed by atoms with Gasteiger partial charge in [-0.15, -0.1) is 0 Å². The minimum atomic E-state index is 0.283. The third-order valence-electron chi connectivity index (χ3n) is 8.34. The zero-order chi connectivity index (χ0) is 17.7. The molecule has 24 heavy (non-hydrogen) atoms. The first-order valence-corrected chi connectivity index (χ1v) is 10.2. The summed E-state index contributed by atoms with van der Waals surface area (Å²) in [4.78, 5) is 0. The van der Waals surface area contributed by atoms with Gasteiger partial charge in [-0.25, -0.2) is 0 Å². The highest BCUT2D eigenvalue weighted by molar-refractivity contribution is 5.33. The zero-order valence-corrected chi connectivity index (χ0v) is 16.9. The Bertz CT molecular complexity index is 540. The van der Waals surface area contributed by atoms with Crippen molar-refractivity contribution in [3.05, 3.63) is 23.3 Å². The van der Waals surface area contributed by atoms with Gasteiger partial charge in [0.15, 0.2) is 0 Å². The number of rotatable bonds is 2. The number of ether oxygens (including phenoxy) is 1. The Morgan fingerprint density at radius 3 is 2.50 bits per heavy atom. The van der Waals surface area contributed by atoms with Gasteiger partial charge >= 0.3 is 0 Å². The molecule has 0 aromatic heterocycles. The molecule has 1 unspecified atom stereocenters. The van der Waals surface area contributed by atoms with E-state index < -0.39 is 0 Å². The Balaban J connectivity index is 1.99. The van der Waals surface area contributed by atoms with Gasteiger partial charge in [-0.1, -0.05) is 51.0 Å².